The summed E-state index contributed by atoms with van der Waals surface area (Å²) in [5.74, 6) is -0.541. The minimum atomic E-state index is -3.66. The predicted octanol–water partition coefficient (Wildman–Crippen LogP) is 1.72. The fourth-order valence-corrected chi connectivity index (χ4v) is 4.31. The molecule has 0 aromatic heterocycles. The molecule has 0 amide bonds. The summed E-state index contributed by atoms with van der Waals surface area (Å²) in [6.45, 7) is 0.550. The van der Waals surface area contributed by atoms with Crippen molar-refractivity contribution in [3.05, 3.63) is 30.1 Å². The average Bonchev–Trinajstić information content (AvgIpc) is 2.89. The van der Waals surface area contributed by atoms with E-state index >= 15 is 0 Å². The average molecular weight is 286 g/mol. The predicted molar refractivity (Wildman–Crippen MR) is 71.6 cm³/mol. The Hall–Kier alpha value is -0.980. The Morgan fingerprint density at radius 2 is 2.00 bits per heavy atom. The van der Waals surface area contributed by atoms with Gasteiger partial charge in [0.25, 0.3) is 0 Å². The minimum absolute atomic E-state index is 0.00295. The highest BCUT2D eigenvalue weighted by Crippen LogP contribution is 2.28. The van der Waals surface area contributed by atoms with E-state index in [1.165, 1.54) is 22.5 Å². The summed E-state index contributed by atoms with van der Waals surface area (Å²) < 4.78 is 39.8. The van der Waals surface area contributed by atoms with Crippen molar-refractivity contribution in [2.24, 2.45) is 5.73 Å². The van der Waals surface area contributed by atoms with Crippen LogP contribution in [0.25, 0.3) is 0 Å². The van der Waals surface area contributed by atoms with E-state index in [1.54, 1.807) is 0 Å². The van der Waals surface area contributed by atoms with Crippen LogP contribution >= 0.6 is 0 Å². The summed E-state index contributed by atoms with van der Waals surface area (Å²) >= 11 is 0. The van der Waals surface area contributed by atoms with E-state index in [0.29, 0.717) is 0 Å². The Bertz CT molecular complexity index is 527. The Morgan fingerprint density at radius 1 is 1.32 bits per heavy atom. The third-order valence-corrected chi connectivity index (χ3v) is 5.43. The summed E-state index contributed by atoms with van der Waals surface area (Å²) in [5.41, 5.74) is 5.52. The molecule has 106 valence electrons. The Kier molecular flexibility index (Phi) is 4.54. The van der Waals surface area contributed by atoms with E-state index in [0.717, 1.165) is 31.7 Å². The highest BCUT2D eigenvalue weighted by atomic mass is 32.2. The lowest BCUT2D eigenvalue weighted by Crippen LogP contribution is -2.41. The van der Waals surface area contributed by atoms with Crippen LogP contribution in [0.3, 0.4) is 0 Å². The van der Waals surface area contributed by atoms with E-state index < -0.39 is 15.8 Å². The fraction of sp³-hybridized carbons (Fsp3) is 0.538. The SMILES string of the molecule is NCCN(C1CCCC1)S(=O)(=O)c1cccc(F)c1. The lowest BCUT2D eigenvalue weighted by Gasteiger charge is -2.27. The topological polar surface area (TPSA) is 63.4 Å². The van der Waals surface area contributed by atoms with Crippen molar-refractivity contribution in [1.29, 1.82) is 0 Å². The Morgan fingerprint density at radius 3 is 2.58 bits per heavy atom. The van der Waals surface area contributed by atoms with Crippen molar-refractivity contribution < 1.29 is 12.8 Å². The zero-order valence-corrected chi connectivity index (χ0v) is 11.6. The van der Waals surface area contributed by atoms with Crippen LogP contribution in [0, 0.1) is 5.82 Å². The quantitative estimate of drug-likeness (QED) is 0.896. The molecule has 19 heavy (non-hydrogen) atoms. The van der Waals surface area contributed by atoms with Crippen LogP contribution < -0.4 is 5.73 Å². The maximum atomic E-state index is 13.2. The first kappa shape index (κ1) is 14.4. The molecule has 4 nitrogen and oxygen atoms in total. The third kappa shape index (κ3) is 3.13. The van der Waals surface area contributed by atoms with Crippen LogP contribution in [0.15, 0.2) is 29.2 Å². The Labute approximate surface area is 113 Å². The van der Waals surface area contributed by atoms with Crippen molar-refractivity contribution in [3.8, 4) is 0 Å². The van der Waals surface area contributed by atoms with Crippen LogP contribution in [0.2, 0.25) is 0 Å². The maximum absolute atomic E-state index is 13.2. The van der Waals surface area contributed by atoms with Gasteiger partial charge >= 0.3 is 0 Å². The first-order valence-corrected chi connectivity index (χ1v) is 7.97. The molecule has 2 rings (SSSR count). The third-order valence-electron chi connectivity index (χ3n) is 3.48. The first-order valence-electron chi connectivity index (χ1n) is 6.53. The number of rotatable bonds is 5. The number of hydrogen-bond donors (Lipinski definition) is 1. The molecule has 0 atom stereocenters. The van der Waals surface area contributed by atoms with Crippen LogP contribution in [-0.2, 0) is 10.0 Å². The van der Waals surface area contributed by atoms with Gasteiger partial charge in [-0.1, -0.05) is 18.9 Å². The van der Waals surface area contributed by atoms with Crippen LogP contribution in [0.5, 0.6) is 0 Å². The molecule has 1 aromatic carbocycles. The van der Waals surface area contributed by atoms with Gasteiger partial charge in [0.2, 0.25) is 10.0 Å². The molecule has 0 radical (unpaired) electrons. The van der Waals surface area contributed by atoms with Gasteiger partial charge in [-0.05, 0) is 31.0 Å². The van der Waals surface area contributed by atoms with Gasteiger partial charge in [-0.25, -0.2) is 12.8 Å². The molecule has 0 unspecified atom stereocenters. The molecule has 1 saturated carbocycles. The standard InChI is InChI=1S/C13H19FN2O2S/c14-11-4-3-7-13(10-11)19(17,18)16(9-8-15)12-5-1-2-6-12/h3-4,7,10,12H,1-2,5-6,8-9,15H2. The second kappa shape index (κ2) is 5.98. The Balaban J connectivity index is 2.33. The molecule has 1 aliphatic rings. The van der Waals surface area contributed by atoms with E-state index in [-0.39, 0.29) is 24.0 Å². The summed E-state index contributed by atoms with van der Waals surface area (Å²) in [4.78, 5) is 0.00727. The number of hydrogen-bond acceptors (Lipinski definition) is 3. The van der Waals surface area contributed by atoms with Gasteiger partial charge in [-0.15, -0.1) is 0 Å². The minimum Gasteiger partial charge on any atom is -0.329 e. The van der Waals surface area contributed by atoms with Crippen LogP contribution in [-0.4, -0.2) is 31.9 Å². The van der Waals surface area contributed by atoms with Crippen LogP contribution in [0.4, 0.5) is 4.39 Å². The van der Waals surface area contributed by atoms with E-state index in [1.807, 2.05) is 0 Å². The zero-order valence-electron chi connectivity index (χ0n) is 10.8. The number of halogens is 1. The monoisotopic (exact) mass is 286 g/mol. The van der Waals surface area contributed by atoms with Crippen molar-refractivity contribution in [2.45, 2.75) is 36.6 Å². The molecule has 0 spiro atoms. The van der Waals surface area contributed by atoms with Gasteiger partial charge in [-0.2, -0.15) is 4.31 Å². The van der Waals surface area contributed by atoms with E-state index in [9.17, 15) is 12.8 Å². The maximum Gasteiger partial charge on any atom is 0.243 e. The number of sulfonamides is 1. The van der Waals surface area contributed by atoms with Gasteiger partial charge in [0.05, 0.1) is 4.90 Å². The molecule has 2 N–H and O–H groups in total. The summed E-state index contributed by atoms with van der Waals surface area (Å²) in [6.07, 6.45) is 3.78. The van der Waals surface area contributed by atoms with Gasteiger partial charge < -0.3 is 5.73 Å². The van der Waals surface area contributed by atoms with Crippen molar-refractivity contribution in [3.63, 3.8) is 0 Å². The molecule has 0 heterocycles. The van der Waals surface area contributed by atoms with Crippen molar-refractivity contribution in [1.82, 2.24) is 4.31 Å². The highest BCUT2D eigenvalue weighted by Gasteiger charge is 2.32. The molecular weight excluding hydrogens is 267 g/mol. The van der Waals surface area contributed by atoms with Gasteiger partial charge in [0.1, 0.15) is 5.82 Å². The van der Waals surface area contributed by atoms with E-state index in [4.69, 9.17) is 5.73 Å². The molecule has 0 bridgehead atoms. The molecular formula is C13H19FN2O2S. The first-order chi connectivity index (χ1) is 9.05. The summed E-state index contributed by atoms with van der Waals surface area (Å²) in [6, 6.07) is 5.14. The molecule has 1 aromatic rings. The largest absolute Gasteiger partial charge is 0.329 e. The summed E-state index contributed by atoms with van der Waals surface area (Å²) in [7, 11) is -3.66. The number of benzene rings is 1. The lowest BCUT2D eigenvalue weighted by atomic mass is 10.2. The molecule has 1 aliphatic carbocycles. The van der Waals surface area contributed by atoms with Crippen LogP contribution in [0.1, 0.15) is 25.7 Å². The molecule has 6 heteroatoms. The second-order valence-corrected chi connectivity index (χ2v) is 6.69. The molecule has 1 fully saturated rings. The molecule has 0 saturated heterocycles. The zero-order chi connectivity index (χ0) is 13.9. The summed E-state index contributed by atoms with van der Waals surface area (Å²) in [5, 5.41) is 0. The molecule has 0 aliphatic heterocycles. The highest BCUT2D eigenvalue weighted by molar-refractivity contribution is 7.89. The fourth-order valence-electron chi connectivity index (χ4n) is 2.58. The normalized spacial score (nSPS) is 17.2. The van der Waals surface area contributed by atoms with Gasteiger partial charge in [-0.3, -0.25) is 0 Å². The van der Waals surface area contributed by atoms with Crippen molar-refractivity contribution >= 4 is 10.0 Å². The lowest BCUT2D eigenvalue weighted by molar-refractivity contribution is 0.328. The van der Waals surface area contributed by atoms with E-state index in [2.05, 4.69) is 0 Å². The second-order valence-electron chi connectivity index (χ2n) is 4.80. The van der Waals surface area contributed by atoms with Gasteiger partial charge in [0, 0.05) is 19.1 Å². The van der Waals surface area contributed by atoms with Gasteiger partial charge in [0.15, 0.2) is 0 Å². The number of nitrogens with two attached hydrogens (primary N) is 1. The van der Waals surface area contributed by atoms with Crippen molar-refractivity contribution in [2.75, 3.05) is 13.1 Å². The number of nitrogens with zero attached hydrogens (tertiary/aromatic N) is 1. The smallest absolute Gasteiger partial charge is 0.243 e.